The molecule has 0 saturated carbocycles. The van der Waals surface area contributed by atoms with E-state index in [-0.39, 0.29) is 18.7 Å². The fourth-order valence-corrected chi connectivity index (χ4v) is 2.76. The van der Waals surface area contributed by atoms with E-state index >= 15 is 0 Å². The largest absolute Gasteiger partial charge is 0.494 e. The van der Waals surface area contributed by atoms with Gasteiger partial charge in [-0.3, -0.25) is 4.79 Å². The lowest BCUT2D eigenvalue weighted by Crippen LogP contribution is -2.23. The minimum absolute atomic E-state index is 0.0207. The van der Waals surface area contributed by atoms with Gasteiger partial charge in [-0.15, -0.1) is 0 Å². The molecule has 0 fully saturated rings. The second kappa shape index (κ2) is 9.87. The van der Waals surface area contributed by atoms with Crippen LogP contribution in [0.25, 0.3) is 0 Å². The van der Waals surface area contributed by atoms with Crippen molar-refractivity contribution in [3.05, 3.63) is 71.4 Å². The summed E-state index contributed by atoms with van der Waals surface area (Å²) in [6.07, 6.45) is 2.46. The Morgan fingerprint density at radius 2 is 1.80 bits per heavy atom. The molecule has 1 aromatic heterocycles. The lowest BCUT2D eigenvalue weighted by Gasteiger charge is -2.12. The van der Waals surface area contributed by atoms with Crippen molar-refractivity contribution in [1.82, 2.24) is 9.78 Å². The summed E-state index contributed by atoms with van der Waals surface area (Å²) in [5.41, 5.74) is 0.827. The van der Waals surface area contributed by atoms with E-state index in [1.54, 1.807) is 37.4 Å². The Balaban J connectivity index is 1.60. The second-order valence-electron chi connectivity index (χ2n) is 6.73. The van der Waals surface area contributed by atoms with Crippen molar-refractivity contribution in [3.63, 3.8) is 0 Å². The second-order valence-corrected chi connectivity index (χ2v) is 6.73. The summed E-state index contributed by atoms with van der Waals surface area (Å²) in [5.74, 6) is 0.178. The number of nitrogens with zero attached hydrogens (tertiary/aromatic N) is 2. The molecule has 158 valence electrons. The topological polar surface area (TPSA) is 65.4 Å². The molecule has 30 heavy (non-hydrogen) atoms. The fraction of sp³-hybridized carbons (Fsp3) is 0.273. The molecule has 0 saturated heterocycles. The third-order valence-electron chi connectivity index (χ3n) is 4.27. The summed E-state index contributed by atoms with van der Waals surface area (Å²) < 4.78 is 39.8. The maximum Gasteiger partial charge on any atom is 0.263 e. The minimum atomic E-state index is -0.545. The number of aryl methyl sites for hydroxylation is 1. The van der Waals surface area contributed by atoms with Crippen molar-refractivity contribution in [3.8, 4) is 11.5 Å². The molecule has 0 spiro atoms. The van der Waals surface area contributed by atoms with Gasteiger partial charge in [-0.25, -0.2) is 13.5 Å². The number of hydrogen-bond donors (Lipinski definition) is 1. The molecule has 6 nitrogen and oxygen atoms in total. The number of benzene rings is 2. The lowest BCUT2D eigenvalue weighted by atomic mass is 10.2. The Morgan fingerprint density at radius 1 is 1.10 bits per heavy atom. The van der Waals surface area contributed by atoms with Crippen LogP contribution in [0.2, 0.25) is 0 Å². The fourth-order valence-electron chi connectivity index (χ4n) is 2.76. The highest BCUT2D eigenvalue weighted by Gasteiger charge is 2.14. The Labute approximate surface area is 173 Å². The third-order valence-corrected chi connectivity index (χ3v) is 4.27. The number of carbonyl (C=O) groups is 1. The molecule has 0 unspecified atom stereocenters. The number of aromatic nitrogens is 2. The molecule has 0 bridgehead atoms. The van der Waals surface area contributed by atoms with E-state index < -0.39 is 17.5 Å². The maximum atomic E-state index is 13.9. The number of anilines is 1. The molecule has 1 heterocycles. The predicted molar refractivity (Wildman–Crippen MR) is 109 cm³/mol. The van der Waals surface area contributed by atoms with Crippen molar-refractivity contribution in [2.45, 2.75) is 26.8 Å². The van der Waals surface area contributed by atoms with E-state index in [1.165, 1.54) is 4.68 Å². The van der Waals surface area contributed by atoms with Crippen LogP contribution in [0.4, 0.5) is 14.6 Å². The van der Waals surface area contributed by atoms with Crippen LogP contribution < -0.4 is 14.8 Å². The van der Waals surface area contributed by atoms with Gasteiger partial charge in [0, 0.05) is 11.1 Å². The number of halogens is 2. The number of hydrogen-bond acceptors (Lipinski definition) is 4. The number of nitrogens with one attached hydrogen (secondary N) is 1. The van der Waals surface area contributed by atoms with E-state index in [4.69, 9.17) is 9.47 Å². The van der Waals surface area contributed by atoms with Gasteiger partial charge in [-0.2, -0.15) is 5.10 Å². The Bertz CT molecular complexity index is 1000. The van der Waals surface area contributed by atoms with Crippen molar-refractivity contribution < 1.29 is 23.0 Å². The first-order valence-corrected chi connectivity index (χ1v) is 9.58. The van der Waals surface area contributed by atoms with Crippen LogP contribution in [0, 0.1) is 18.6 Å². The molecular formula is C22H23F2N3O3. The lowest BCUT2D eigenvalue weighted by molar-refractivity contribution is -0.118. The van der Waals surface area contributed by atoms with Crippen LogP contribution in [0.15, 0.2) is 48.7 Å². The van der Waals surface area contributed by atoms with Gasteiger partial charge in [0.15, 0.2) is 6.61 Å². The van der Waals surface area contributed by atoms with Crippen LogP contribution in [0.3, 0.4) is 0 Å². The van der Waals surface area contributed by atoms with Crippen LogP contribution in [-0.4, -0.2) is 28.9 Å². The van der Waals surface area contributed by atoms with Gasteiger partial charge in [-0.1, -0.05) is 6.92 Å². The zero-order valence-corrected chi connectivity index (χ0v) is 16.8. The van der Waals surface area contributed by atoms with Gasteiger partial charge >= 0.3 is 0 Å². The standard InChI is InChI=1S/C22H23F2N3O3/c1-3-10-29-18-5-7-19(8-6-18)30-14-21(28)26-22-15(2)12-25-27(22)13-16-11-17(23)4-9-20(16)24/h4-9,11-12H,3,10,13-14H2,1-2H3,(H,26,28). The minimum Gasteiger partial charge on any atom is -0.494 e. The number of carbonyl (C=O) groups excluding carboxylic acids is 1. The highest BCUT2D eigenvalue weighted by Crippen LogP contribution is 2.20. The summed E-state index contributed by atoms with van der Waals surface area (Å²) in [5, 5.41) is 6.86. The molecule has 0 aliphatic carbocycles. The third kappa shape index (κ3) is 5.56. The summed E-state index contributed by atoms with van der Waals surface area (Å²) in [7, 11) is 0. The highest BCUT2D eigenvalue weighted by atomic mass is 19.1. The van der Waals surface area contributed by atoms with Crippen LogP contribution in [0.1, 0.15) is 24.5 Å². The maximum absolute atomic E-state index is 13.9. The average Bonchev–Trinajstić information content (AvgIpc) is 3.07. The highest BCUT2D eigenvalue weighted by molar-refractivity contribution is 5.91. The van der Waals surface area contributed by atoms with Gasteiger partial charge in [0.05, 0.1) is 19.3 Å². The first kappa shape index (κ1) is 21.3. The van der Waals surface area contributed by atoms with E-state index in [2.05, 4.69) is 10.4 Å². The molecule has 1 amide bonds. The SMILES string of the molecule is CCCOc1ccc(OCC(=O)Nc2c(C)cnn2Cc2cc(F)ccc2F)cc1. The molecule has 3 aromatic rings. The molecule has 0 atom stereocenters. The number of amides is 1. The first-order chi connectivity index (χ1) is 14.5. The molecule has 0 radical (unpaired) electrons. The van der Waals surface area contributed by atoms with Gasteiger partial charge in [0.1, 0.15) is 29.0 Å². The van der Waals surface area contributed by atoms with E-state index in [9.17, 15) is 13.6 Å². The molecule has 0 aliphatic heterocycles. The van der Waals surface area contributed by atoms with Gasteiger partial charge in [0.2, 0.25) is 0 Å². The summed E-state index contributed by atoms with van der Waals surface area (Å²) in [6.45, 7) is 4.19. The first-order valence-electron chi connectivity index (χ1n) is 9.58. The zero-order chi connectivity index (χ0) is 21.5. The smallest absolute Gasteiger partial charge is 0.263 e. The zero-order valence-electron chi connectivity index (χ0n) is 16.8. The Kier molecular flexibility index (Phi) is 7.00. The summed E-state index contributed by atoms with van der Waals surface area (Å²) in [6, 6.07) is 10.2. The van der Waals surface area contributed by atoms with Crippen molar-refractivity contribution in [1.29, 1.82) is 0 Å². The summed E-state index contributed by atoms with van der Waals surface area (Å²) >= 11 is 0. The van der Waals surface area contributed by atoms with E-state index in [0.29, 0.717) is 23.7 Å². The molecule has 2 aromatic carbocycles. The van der Waals surface area contributed by atoms with Crippen LogP contribution in [0.5, 0.6) is 11.5 Å². The van der Waals surface area contributed by atoms with Crippen LogP contribution in [-0.2, 0) is 11.3 Å². The van der Waals surface area contributed by atoms with Crippen molar-refractivity contribution in [2.24, 2.45) is 0 Å². The van der Waals surface area contributed by atoms with Gasteiger partial charge in [-0.05, 0) is 55.8 Å². The molecule has 8 heteroatoms. The van der Waals surface area contributed by atoms with Crippen molar-refractivity contribution in [2.75, 3.05) is 18.5 Å². The Hall–Kier alpha value is -3.42. The quantitative estimate of drug-likeness (QED) is 0.565. The molecule has 0 aliphatic rings. The number of ether oxygens (including phenoxy) is 2. The Morgan fingerprint density at radius 3 is 2.50 bits per heavy atom. The molecular weight excluding hydrogens is 392 g/mol. The number of rotatable bonds is 9. The normalized spacial score (nSPS) is 10.7. The monoisotopic (exact) mass is 415 g/mol. The van der Waals surface area contributed by atoms with E-state index in [1.807, 2.05) is 6.92 Å². The molecule has 3 rings (SSSR count). The van der Waals surface area contributed by atoms with Crippen LogP contribution >= 0.6 is 0 Å². The average molecular weight is 415 g/mol. The van der Waals surface area contributed by atoms with Gasteiger partial charge < -0.3 is 14.8 Å². The van der Waals surface area contributed by atoms with Crippen molar-refractivity contribution >= 4 is 11.7 Å². The predicted octanol–water partition coefficient (Wildman–Crippen LogP) is 4.32. The van der Waals surface area contributed by atoms with Gasteiger partial charge in [0.25, 0.3) is 5.91 Å². The molecule has 1 N–H and O–H groups in total. The van der Waals surface area contributed by atoms with E-state index in [0.717, 1.165) is 30.4 Å². The summed E-state index contributed by atoms with van der Waals surface area (Å²) in [4.78, 5) is 12.3.